The lowest BCUT2D eigenvalue weighted by Gasteiger charge is -2.04. The molecule has 0 aliphatic carbocycles. The maximum atomic E-state index is 12.1. The molecule has 0 saturated carbocycles. The summed E-state index contributed by atoms with van der Waals surface area (Å²) in [5, 5.41) is 8.12. The van der Waals surface area contributed by atoms with Gasteiger partial charge in [-0.1, -0.05) is 0 Å². The number of anilines is 3. The van der Waals surface area contributed by atoms with Crippen molar-refractivity contribution in [3.63, 3.8) is 0 Å². The summed E-state index contributed by atoms with van der Waals surface area (Å²) in [4.78, 5) is 35.5. The lowest BCUT2D eigenvalue weighted by molar-refractivity contribution is -0.115. The van der Waals surface area contributed by atoms with Gasteiger partial charge < -0.3 is 16.4 Å². The van der Waals surface area contributed by atoms with Crippen LogP contribution in [0.4, 0.5) is 16.8 Å². The van der Waals surface area contributed by atoms with Crippen LogP contribution in [-0.2, 0) is 11.2 Å². The van der Waals surface area contributed by atoms with Crippen LogP contribution in [0.2, 0.25) is 0 Å². The molecule has 2 heterocycles. The van der Waals surface area contributed by atoms with Crippen LogP contribution in [0.3, 0.4) is 0 Å². The fraction of sp³-hybridized carbons (Fsp3) is 0.0625. The Kier molecular flexibility index (Phi) is 4.95. The molecule has 8 nitrogen and oxygen atoms in total. The Morgan fingerprint density at radius 1 is 1.12 bits per heavy atom. The quantitative estimate of drug-likeness (QED) is 0.622. The fourth-order valence-corrected chi connectivity index (χ4v) is 2.70. The number of carbonyl (C=O) groups excluding carboxylic acids is 2. The van der Waals surface area contributed by atoms with Gasteiger partial charge in [-0.25, -0.2) is 15.0 Å². The number of primary amides is 1. The van der Waals surface area contributed by atoms with Gasteiger partial charge in [-0.3, -0.25) is 9.59 Å². The minimum atomic E-state index is -0.511. The van der Waals surface area contributed by atoms with E-state index in [2.05, 4.69) is 25.6 Å². The van der Waals surface area contributed by atoms with Gasteiger partial charge in [0.15, 0.2) is 5.13 Å². The van der Waals surface area contributed by atoms with Crippen LogP contribution in [0.15, 0.2) is 48.1 Å². The Morgan fingerprint density at radius 3 is 2.52 bits per heavy atom. The summed E-state index contributed by atoms with van der Waals surface area (Å²) < 4.78 is 0. The van der Waals surface area contributed by atoms with Crippen LogP contribution in [0.1, 0.15) is 16.1 Å². The second-order valence-corrected chi connectivity index (χ2v) is 5.87. The number of hydrogen-bond donors (Lipinski definition) is 3. The number of nitrogens with two attached hydrogens (primary N) is 1. The van der Waals surface area contributed by atoms with Crippen molar-refractivity contribution in [3.05, 3.63) is 59.4 Å². The molecule has 0 saturated heterocycles. The topological polar surface area (TPSA) is 123 Å². The van der Waals surface area contributed by atoms with Crippen LogP contribution < -0.4 is 16.4 Å². The Hall–Kier alpha value is -3.33. The molecule has 0 bridgehead atoms. The zero-order chi connectivity index (χ0) is 17.6. The predicted octanol–water partition coefficient (Wildman–Crippen LogP) is 1.96. The van der Waals surface area contributed by atoms with Crippen molar-refractivity contribution < 1.29 is 9.59 Å². The Morgan fingerprint density at radius 2 is 1.84 bits per heavy atom. The van der Waals surface area contributed by atoms with E-state index < -0.39 is 5.91 Å². The van der Waals surface area contributed by atoms with E-state index in [9.17, 15) is 9.59 Å². The third-order valence-electron chi connectivity index (χ3n) is 3.13. The molecule has 25 heavy (non-hydrogen) atoms. The molecular weight excluding hydrogens is 340 g/mol. The lowest BCUT2D eigenvalue weighted by atomic mass is 10.2. The van der Waals surface area contributed by atoms with E-state index in [1.807, 2.05) is 0 Å². The molecule has 3 rings (SSSR count). The standard InChI is InChI=1S/C16H14N6O2S/c17-14(24)10-2-4-11(5-3-10)20-13(23)8-12-9-25-16(21-12)22-15-18-6-1-7-19-15/h1-7,9H,8H2,(H2,17,24)(H,20,23)(H,18,19,21,22). The molecule has 0 aliphatic rings. The van der Waals surface area contributed by atoms with Gasteiger partial charge in [-0.05, 0) is 30.3 Å². The molecule has 4 N–H and O–H groups in total. The highest BCUT2D eigenvalue weighted by molar-refractivity contribution is 7.13. The number of nitrogens with one attached hydrogen (secondary N) is 2. The molecule has 1 aromatic carbocycles. The number of carbonyl (C=O) groups is 2. The summed E-state index contributed by atoms with van der Waals surface area (Å²) in [6.45, 7) is 0. The number of benzene rings is 1. The van der Waals surface area contributed by atoms with Gasteiger partial charge in [0, 0.05) is 29.0 Å². The highest BCUT2D eigenvalue weighted by Gasteiger charge is 2.09. The fourth-order valence-electron chi connectivity index (χ4n) is 1.99. The van der Waals surface area contributed by atoms with Gasteiger partial charge in [-0.2, -0.15) is 0 Å². The highest BCUT2D eigenvalue weighted by atomic mass is 32.1. The summed E-state index contributed by atoms with van der Waals surface area (Å²) in [5.41, 5.74) is 6.78. The normalized spacial score (nSPS) is 10.2. The predicted molar refractivity (Wildman–Crippen MR) is 94.7 cm³/mol. The lowest BCUT2D eigenvalue weighted by Crippen LogP contribution is -2.15. The van der Waals surface area contributed by atoms with E-state index >= 15 is 0 Å². The Labute approximate surface area is 147 Å². The van der Waals surface area contributed by atoms with Crippen molar-refractivity contribution in [1.29, 1.82) is 0 Å². The molecule has 2 aromatic heterocycles. The zero-order valence-electron chi connectivity index (χ0n) is 13.0. The van der Waals surface area contributed by atoms with E-state index in [4.69, 9.17) is 5.73 Å². The van der Waals surface area contributed by atoms with Crippen LogP contribution in [-0.4, -0.2) is 26.8 Å². The summed E-state index contributed by atoms with van der Waals surface area (Å²) in [5.74, 6) is -0.273. The molecule has 0 aliphatic heterocycles. The van der Waals surface area contributed by atoms with E-state index in [0.717, 1.165) is 0 Å². The number of nitrogens with zero attached hydrogens (tertiary/aromatic N) is 3. The van der Waals surface area contributed by atoms with Gasteiger partial charge >= 0.3 is 0 Å². The van der Waals surface area contributed by atoms with Crippen molar-refractivity contribution in [1.82, 2.24) is 15.0 Å². The molecule has 9 heteroatoms. The van der Waals surface area contributed by atoms with Gasteiger partial charge in [-0.15, -0.1) is 11.3 Å². The van der Waals surface area contributed by atoms with E-state index in [1.54, 1.807) is 48.1 Å². The van der Waals surface area contributed by atoms with Crippen LogP contribution in [0.5, 0.6) is 0 Å². The first-order chi connectivity index (χ1) is 12.1. The number of aromatic nitrogens is 3. The van der Waals surface area contributed by atoms with E-state index in [-0.39, 0.29) is 12.3 Å². The minimum absolute atomic E-state index is 0.130. The molecule has 126 valence electrons. The van der Waals surface area contributed by atoms with Crippen LogP contribution in [0, 0.1) is 0 Å². The van der Waals surface area contributed by atoms with Gasteiger partial charge in [0.25, 0.3) is 0 Å². The van der Waals surface area contributed by atoms with Gasteiger partial charge in [0.1, 0.15) is 0 Å². The second kappa shape index (κ2) is 7.49. The van der Waals surface area contributed by atoms with Crippen molar-refractivity contribution in [2.24, 2.45) is 5.73 Å². The van der Waals surface area contributed by atoms with Crippen LogP contribution >= 0.6 is 11.3 Å². The van der Waals surface area contributed by atoms with E-state index in [1.165, 1.54) is 11.3 Å². The molecule has 0 radical (unpaired) electrons. The maximum Gasteiger partial charge on any atom is 0.248 e. The number of amides is 2. The average molecular weight is 354 g/mol. The molecular formula is C16H14N6O2S. The molecule has 2 amide bonds. The minimum Gasteiger partial charge on any atom is -0.366 e. The monoisotopic (exact) mass is 354 g/mol. The third kappa shape index (κ3) is 4.58. The summed E-state index contributed by atoms with van der Waals surface area (Å²) in [7, 11) is 0. The maximum absolute atomic E-state index is 12.1. The largest absolute Gasteiger partial charge is 0.366 e. The first-order valence-electron chi connectivity index (χ1n) is 7.28. The van der Waals surface area contributed by atoms with Crippen molar-refractivity contribution in [2.75, 3.05) is 10.6 Å². The molecule has 0 fully saturated rings. The van der Waals surface area contributed by atoms with Crippen molar-refractivity contribution in [3.8, 4) is 0 Å². The number of thiazole rings is 1. The zero-order valence-corrected chi connectivity index (χ0v) is 13.8. The van der Waals surface area contributed by atoms with Gasteiger partial charge in [0.05, 0.1) is 12.1 Å². The average Bonchev–Trinajstić information content (AvgIpc) is 3.03. The molecule has 3 aromatic rings. The number of rotatable bonds is 6. The first kappa shape index (κ1) is 16.5. The third-order valence-corrected chi connectivity index (χ3v) is 3.94. The molecule has 0 spiro atoms. The smallest absolute Gasteiger partial charge is 0.248 e. The van der Waals surface area contributed by atoms with Crippen LogP contribution in [0.25, 0.3) is 0 Å². The summed E-state index contributed by atoms with van der Waals surface area (Å²) in [6, 6.07) is 8.08. The first-order valence-corrected chi connectivity index (χ1v) is 8.16. The Bertz CT molecular complexity index is 879. The summed E-state index contributed by atoms with van der Waals surface area (Å²) >= 11 is 1.36. The Balaban J connectivity index is 1.57. The van der Waals surface area contributed by atoms with Crippen molar-refractivity contribution in [2.45, 2.75) is 6.42 Å². The van der Waals surface area contributed by atoms with Crippen molar-refractivity contribution >= 4 is 39.9 Å². The summed E-state index contributed by atoms with van der Waals surface area (Å²) in [6.07, 6.45) is 3.38. The number of hydrogen-bond acceptors (Lipinski definition) is 7. The van der Waals surface area contributed by atoms with E-state index in [0.29, 0.717) is 28.0 Å². The molecule has 0 unspecified atom stereocenters. The van der Waals surface area contributed by atoms with Gasteiger partial charge in [0.2, 0.25) is 17.8 Å². The molecule has 0 atom stereocenters. The second-order valence-electron chi connectivity index (χ2n) is 5.01. The SMILES string of the molecule is NC(=O)c1ccc(NC(=O)Cc2csc(Nc3ncccn3)n2)cc1. The highest BCUT2D eigenvalue weighted by Crippen LogP contribution is 2.19.